The Morgan fingerprint density at radius 1 is 0.812 bits per heavy atom. The van der Waals surface area contributed by atoms with E-state index < -0.39 is 0 Å². The third-order valence-electron chi connectivity index (χ3n) is 2.46. The molecule has 0 amide bonds. The maximum Gasteiger partial charge on any atom is 0.0101 e. The average Bonchev–Trinajstić information content (AvgIpc) is 2.19. The summed E-state index contributed by atoms with van der Waals surface area (Å²) in [6.45, 7) is 8.86. The van der Waals surface area contributed by atoms with Gasteiger partial charge in [-0.15, -0.1) is 0 Å². The van der Waals surface area contributed by atoms with Crippen molar-refractivity contribution in [1.29, 1.82) is 0 Å². The van der Waals surface area contributed by atoms with Crippen molar-refractivity contribution in [3.05, 3.63) is 0 Å². The van der Waals surface area contributed by atoms with E-state index in [4.69, 9.17) is 0 Å². The molecule has 0 unspecified atom stereocenters. The fourth-order valence-corrected chi connectivity index (χ4v) is 1.37. The Hall–Kier alpha value is -0.160. The van der Waals surface area contributed by atoms with Crippen LogP contribution in [0.4, 0.5) is 0 Å². The van der Waals surface area contributed by atoms with E-state index in [-0.39, 0.29) is 0 Å². The van der Waals surface area contributed by atoms with Gasteiger partial charge in [0.15, 0.2) is 0 Å². The predicted molar refractivity (Wildman–Crippen MR) is 72.0 cm³/mol. The SMILES string of the molecule is CC(CNCCN(C)C)CNCCN(C)C. The topological polar surface area (TPSA) is 30.5 Å². The number of nitrogens with zero attached hydrogens (tertiary/aromatic N) is 2. The Balaban J connectivity index is 3.21. The largest absolute Gasteiger partial charge is 0.315 e. The minimum Gasteiger partial charge on any atom is -0.315 e. The lowest BCUT2D eigenvalue weighted by molar-refractivity contribution is 0.374. The van der Waals surface area contributed by atoms with Crippen molar-refractivity contribution in [2.45, 2.75) is 6.92 Å². The Morgan fingerprint density at radius 2 is 1.19 bits per heavy atom. The summed E-state index contributed by atoms with van der Waals surface area (Å²) >= 11 is 0. The second kappa shape index (κ2) is 10.0. The van der Waals surface area contributed by atoms with Crippen LogP contribution < -0.4 is 10.6 Å². The van der Waals surface area contributed by atoms with Crippen molar-refractivity contribution in [2.75, 3.05) is 67.5 Å². The van der Waals surface area contributed by atoms with Crippen molar-refractivity contribution in [2.24, 2.45) is 5.92 Å². The van der Waals surface area contributed by atoms with Gasteiger partial charge in [-0.2, -0.15) is 0 Å². The predicted octanol–water partition coefficient (Wildman–Crippen LogP) is -0.0751. The van der Waals surface area contributed by atoms with Crippen molar-refractivity contribution in [3.63, 3.8) is 0 Å². The molecule has 0 saturated heterocycles. The van der Waals surface area contributed by atoms with Gasteiger partial charge in [-0.3, -0.25) is 0 Å². The summed E-state index contributed by atoms with van der Waals surface area (Å²) in [5, 5.41) is 6.95. The fraction of sp³-hybridized carbons (Fsp3) is 1.00. The van der Waals surface area contributed by atoms with E-state index in [1.54, 1.807) is 0 Å². The number of hydrogen-bond acceptors (Lipinski definition) is 4. The molecule has 98 valence electrons. The van der Waals surface area contributed by atoms with E-state index in [1.165, 1.54) is 0 Å². The highest BCUT2D eigenvalue weighted by Crippen LogP contribution is 1.89. The molecule has 2 N–H and O–H groups in total. The second-order valence-corrected chi connectivity index (χ2v) is 5.12. The van der Waals surface area contributed by atoms with Crippen LogP contribution in [0, 0.1) is 5.92 Å². The molecule has 0 saturated carbocycles. The third kappa shape index (κ3) is 11.9. The highest BCUT2D eigenvalue weighted by molar-refractivity contribution is 4.61. The lowest BCUT2D eigenvalue weighted by atomic mass is 10.2. The van der Waals surface area contributed by atoms with E-state index in [9.17, 15) is 0 Å². The summed E-state index contributed by atoms with van der Waals surface area (Å²) in [5.41, 5.74) is 0. The second-order valence-electron chi connectivity index (χ2n) is 5.12. The molecular formula is C12H30N4. The molecule has 0 aromatic heterocycles. The lowest BCUT2D eigenvalue weighted by Crippen LogP contribution is -2.35. The highest BCUT2D eigenvalue weighted by Gasteiger charge is 2.00. The van der Waals surface area contributed by atoms with Gasteiger partial charge in [-0.1, -0.05) is 6.92 Å². The highest BCUT2D eigenvalue weighted by atomic mass is 15.1. The van der Waals surface area contributed by atoms with Gasteiger partial charge in [0, 0.05) is 26.2 Å². The molecule has 0 fully saturated rings. The molecule has 0 aliphatic rings. The van der Waals surface area contributed by atoms with Crippen molar-refractivity contribution >= 4 is 0 Å². The van der Waals surface area contributed by atoms with E-state index in [2.05, 4.69) is 55.5 Å². The zero-order valence-electron chi connectivity index (χ0n) is 11.7. The average molecular weight is 230 g/mol. The zero-order valence-corrected chi connectivity index (χ0v) is 11.7. The summed E-state index contributed by atoms with van der Waals surface area (Å²) in [7, 11) is 8.42. The molecular weight excluding hydrogens is 200 g/mol. The Labute approximate surface area is 101 Å². The minimum absolute atomic E-state index is 0.698. The molecule has 0 aliphatic heterocycles. The first-order chi connectivity index (χ1) is 7.52. The van der Waals surface area contributed by atoms with Crippen LogP contribution >= 0.6 is 0 Å². The van der Waals surface area contributed by atoms with Crippen molar-refractivity contribution < 1.29 is 0 Å². The zero-order chi connectivity index (χ0) is 12.4. The molecule has 0 bridgehead atoms. The number of hydrogen-bond donors (Lipinski definition) is 2. The van der Waals surface area contributed by atoms with Gasteiger partial charge in [0.2, 0.25) is 0 Å². The van der Waals surface area contributed by atoms with Crippen LogP contribution in [0.3, 0.4) is 0 Å². The van der Waals surface area contributed by atoms with Crippen LogP contribution in [0.15, 0.2) is 0 Å². The van der Waals surface area contributed by atoms with Gasteiger partial charge in [0.1, 0.15) is 0 Å². The summed E-state index contributed by atoms with van der Waals surface area (Å²) in [5.74, 6) is 0.698. The standard InChI is InChI=1S/C12H30N4/c1-12(10-13-6-8-15(2)3)11-14-7-9-16(4)5/h12-14H,6-11H2,1-5H3. The molecule has 4 nitrogen and oxygen atoms in total. The summed E-state index contributed by atoms with van der Waals surface area (Å²) in [4.78, 5) is 4.40. The Morgan fingerprint density at radius 3 is 1.50 bits per heavy atom. The van der Waals surface area contributed by atoms with Crippen molar-refractivity contribution in [1.82, 2.24) is 20.4 Å². The molecule has 0 aromatic rings. The molecule has 0 rings (SSSR count). The van der Waals surface area contributed by atoms with Gasteiger partial charge in [0.25, 0.3) is 0 Å². The van der Waals surface area contributed by atoms with E-state index in [0.717, 1.165) is 39.3 Å². The van der Waals surface area contributed by atoms with E-state index >= 15 is 0 Å². The molecule has 16 heavy (non-hydrogen) atoms. The van der Waals surface area contributed by atoms with Crippen LogP contribution in [0.25, 0.3) is 0 Å². The van der Waals surface area contributed by atoms with Gasteiger partial charge in [-0.05, 0) is 47.2 Å². The molecule has 0 atom stereocenters. The normalized spacial score (nSPS) is 12.0. The monoisotopic (exact) mass is 230 g/mol. The van der Waals surface area contributed by atoms with Crippen molar-refractivity contribution in [3.8, 4) is 0 Å². The smallest absolute Gasteiger partial charge is 0.0101 e. The molecule has 0 aliphatic carbocycles. The van der Waals surface area contributed by atoms with E-state index in [1.807, 2.05) is 0 Å². The van der Waals surface area contributed by atoms with Gasteiger partial charge in [0.05, 0.1) is 0 Å². The Bertz CT molecular complexity index is 132. The van der Waals surface area contributed by atoms with Crippen LogP contribution in [-0.2, 0) is 0 Å². The number of likely N-dealkylation sites (N-methyl/N-ethyl adjacent to an activating group) is 2. The molecule has 0 heterocycles. The maximum absolute atomic E-state index is 3.47. The fourth-order valence-electron chi connectivity index (χ4n) is 1.37. The van der Waals surface area contributed by atoms with Gasteiger partial charge in [-0.25, -0.2) is 0 Å². The van der Waals surface area contributed by atoms with Crippen LogP contribution in [0.2, 0.25) is 0 Å². The van der Waals surface area contributed by atoms with Crippen LogP contribution in [0.5, 0.6) is 0 Å². The summed E-state index contributed by atoms with van der Waals surface area (Å²) < 4.78 is 0. The molecule has 0 aromatic carbocycles. The van der Waals surface area contributed by atoms with Crippen LogP contribution in [-0.4, -0.2) is 77.3 Å². The Kier molecular flexibility index (Phi) is 9.92. The molecule has 4 heteroatoms. The first-order valence-electron chi connectivity index (χ1n) is 6.23. The molecule has 0 radical (unpaired) electrons. The number of nitrogens with one attached hydrogen (secondary N) is 2. The third-order valence-corrected chi connectivity index (χ3v) is 2.46. The lowest BCUT2D eigenvalue weighted by Gasteiger charge is -2.16. The maximum atomic E-state index is 3.47. The van der Waals surface area contributed by atoms with Gasteiger partial charge >= 0.3 is 0 Å². The number of rotatable bonds is 10. The summed E-state index contributed by atoms with van der Waals surface area (Å²) in [6, 6.07) is 0. The first-order valence-corrected chi connectivity index (χ1v) is 6.23. The summed E-state index contributed by atoms with van der Waals surface area (Å²) in [6.07, 6.45) is 0. The van der Waals surface area contributed by atoms with E-state index in [0.29, 0.717) is 5.92 Å². The van der Waals surface area contributed by atoms with Crippen LogP contribution in [0.1, 0.15) is 6.92 Å². The molecule has 0 spiro atoms. The van der Waals surface area contributed by atoms with Gasteiger partial charge < -0.3 is 20.4 Å². The minimum atomic E-state index is 0.698. The quantitative estimate of drug-likeness (QED) is 0.514. The first kappa shape index (κ1) is 15.8.